The van der Waals surface area contributed by atoms with E-state index in [1.807, 2.05) is 18.2 Å². The minimum atomic E-state index is -0.103. The molecule has 0 saturated carbocycles. The highest BCUT2D eigenvalue weighted by molar-refractivity contribution is 5.93. The third kappa shape index (κ3) is 3.07. The topological polar surface area (TPSA) is 79.5 Å². The van der Waals surface area contributed by atoms with Crippen molar-refractivity contribution in [2.24, 2.45) is 0 Å². The zero-order valence-electron chi connectivity index (χ0n) is 14.2. The Bertz CT molecular complexity index is 741. The lowest BCUT2D eigenvalue weighted by Crippen LogP contribution is -2.30. The highest BCUT2D eigenvalue weighted by atomic mass is 16.5. The Balaban J connectivity index is 1.78. The summed E-state index contributed by atoms with van der Waals surface area (Å²) >= 11 is 0. The van der Waals surface area contributed by atoms with Crippen molar-refractivity contribution in [2.45, 2.75) is 19.5 Å². The summed E-state index contributed by atoms with van der Waals surface area (Å²) in [7, 11) is 4.98. The van der Waals surface area contributed by atoms with Gasteiger partial charge in [-0.25, -0.2) is 0 Å². The molecule has 24 heavy (non-hydrogen) atoms. The van der Waals surface area contributed by atoms with Crippen LogP contribution in [0.4, 0.5) is 0 Å². The number of amides is 1. The summed E-state index contributed by atoms with van der Waals surface area (Å²) in [5, 5.41) is 10.5. The van der Waals surface area contributed by atoms with Gasteiger partial charge in [0.05, 0.1) is 14.2 Å². The number of ether oxygens (including phenoxy) is 2. The minimum absolute atomic E-state index is 0.103. The summed E-state index contributed by atoms with van der Waals surface area (Å²) in [6, 6.07) is 5.58. The normalized spacial score (nSPS) is 13.3. The van der Waals surface area contributed by atoms with Gasteiger partial charge in [-0.1, -0.05) is 0 Å². The Morgan fingerprint density at radius 1 is 1.33 bits per heavy atom. The van der Waals surface area contributed by atoms with Gasteiger partial charge in [-0.3, -0.25) is 9.89 Å². The predicted octanol–water partition coefficient (Wildman–Crippen LogP) is 1.34. The number of fused-ring (bicyclic) bond motifs is 1. The van der Waals surface area contributed by atoms with E-state index >= 15 is 0 Å². The Hall–Kier alpha value is -2.54. The molecule has 1 aromatic heterocycles. The summed E-state index contributed by atoms with van der Waals surface area (Å²) in [4.78, 5) is 14.4. The number of nitrogens with zero attached hydrogens (tertiary/aromatic N) is 2. The van der Waals surface area contributed by atoms with E-state index in [-0.39, 0.29) is 5.91 Å². The molecule has 2 heterocycles. The van der Waals surface area contributed by atoms with E-state index in [1.54, 1.807) is 26.2 Å². The fourth-order valence-electron chi connectivity index (χ4n) is 2.89. The van der Waals surface area contributed by atoms with Crippen LogP contribution >= 0.6 is 0 Å². The van der Waals surface area contributed by atoms with Crippen molar-refractivity contribution >= 4 is 5.91 Å². The number of carbonyl (C=O) groups excluding carboxylic acids is 1. The van der Waals surface area contributed by atoms with Crippen LogP contribution in [-0.2, 0) is 19.5 Å². The van der Waals surface area contributed by atoms with Crippen molar-refractivity contribution < 1.29 is 14.3 Å². The average Bonchev–Trinajstić information content (AvgIpc) is 3.05. The van der Waals surface area contributed by atoms with E-state index in [1.165, 1.54) is 0 Å². The molecule has 0 atom stereocenters. The SMILES string of the molecule is COc1ccc(CN(C)C(=O)c2n[nH]c3c2CNCC3)c(OC)c1. The van der Waals surface area contributed by atoms with Crippen LogP contribution in [0.1, 0.15) is 27.3 Å². The molecule has 0 aliphatic carbocycles. The first kappa shape index (κ1) is 16.3. The van der Waals surface area contributed by atoms with Crippen molar-refractivity contribution in [3.8, 4) is 11.5 Å². The second kappa shape index (κ2) is 6.92. The number of carbonyl (C=O) groups is 1. The first-order valence-corrected chi connectivity index (χ1v) is 7.87. The molecular weight excluding hydrogens is 308 g/mol. The number of nitrogens with one attached hydrogen (secondary N) is 2. The lowest BCUT2D eigenvalue weighted by atomic mass is 10.1. The molecule has 3 rings (SSSR count). The second-order valence-electron chi connectivity index (χ2n) is 5.80. The molecule has 0 spiro atoms. The van der Waals surface area contributed by atoms with Crippen LogP contribution in [-0.4, -0.2) is 48.8 Å². The fourth-order valence-corrected chi connectivity index (χ4v) is 2.89. The van der Waals surface area contributed by atoms with Crippen LogP contribution < -0.4 is 14.8 Å². The van der Waals surface area contributed by atoms with E-state index in [9.17, 15) is 4.79 Å². The quantitative estimate of drug-likeness (QED) is 0.865. The van der Waals surface area contributed by atoms with E-state index < -0.39 is 0 Å². The van der Waals surface area contributed by atoms with E-state index in [4.69, 9.17) is 9.47 Å². The average molecular weight is 330 g/mol. The van der Waals surface area contributed by atoms with E-state index in [0.29, 0.717) is 24.5 Å². The maximum Gasteiger partial charge on any atom is 0.274 e. The molecular formula is C17H22N4O3. The smallest absolute Gasteiger partial charge is 0.274 e. The first-order chi connectivity index (χ1) is 11.6. The van der Waals surface area contributed by atoms with Crippen LogP contribution in [0.3, 0.4) is 0 Å². The van der Waals surface area contributed by atoms with Crippen LogP contribution in [0.25, 0.3) is 0 Å². The summed E-state index contributed by atoms with van der Waals surface area (Å²) < 4.78 is 10.6. The lowest BCUT2D eigenvalue weighted by Gasteiger charge is -2.20. The van der Waals surface area contributed by atoms with Gasteiger partial charge < -0.3 is 19.7 Å². The Kier molecular flexibility index (Phi) is 4.71. The van der Waals surface area contributed by atoms with Crippen LogP contribution in [0.2, 0.25) is 0 Å². The van der Waals surface area contributed by atoms with Gasteiger partial charge in [-0.15, -0.1) is 0 Å². The number of aromatic amines is 1. The summed E-state index contributed by atoms with van der Waals surface area (Å²) in [5.74, 6) is 1.31. The van der Waals surface area contributed by atoms with Crippen molar-refractivity contribution in [1.29, 1.82) is 0 Å². The molecule has 7 heteroatoms. The Morgan fingerprint density at radius 3 is 2.92 bits per heavy atom. The highest BCUT2D eigenvalue weighted by Crippen LogP contribution is 2.26. The zero-order chi connectivity index (χ0) is 17.1. The highest BCUT2D eigenvalue weighted by Gasteiger charge is 2.24. The van der Waals surface area contributed by atoms with Crippen LogP contribution in [0.15, 0.2) is 18.2 Å². The van der Waals surface area contributed by atoms with Gasteiger partial charge in [0, 0.05) is 56.0 Å². The largest absolute Gasteiger partial charge is 0.497 e. The molecule has 2 aromatic rings. The molecule has 1 aromatic carbocycles. The number of rotatable bonds is 5. The van der Waals surface area contributed by atoms with E-state index in [2.05, 4.69) is 15.5 Å². The van der Waals surface area contributed by atoms with Gasteiger partial charge in [0.25, 0.3) is 5.91 Å². The van der Waals surface area contributed by atoms with Crippen LogP contribution in [0, 0.1) is 0 Å². The van der Waals surface area contributed by atoms with Crippen molar-refractivity contribution in [2.75, 3.05) is 27.8 Å². The van der Waals surface area contributed by atoms with Gasteiger partial charge in [0.15, 0.2) is 5.69 Å². The monoisotopic (exact) mass is 330 g/mol. The number of methoxy groups -OCH3 is 2. The Morgan fingerprint density at radius 2 is 2.17 bits per heavy atom. The summed E-state index contributed by atoms with van der Waals surface area (Å²) in [5.41, 5.74) is 3.43. The summed E-state index contributed by atoms with van der Waals surface area (Å²) in [6.45, 7) is 2.01. The molecule has 0 fully saturated rings. The molecule has 0 saturated heterocycles. The summed E-state index contributed by atoms with van der Waals surface area (Å²) in [6.07, 6.45) is 0.867. The number of hydrogen-bond donors (Lipinski definition) is 2. The van der Waals surface area contributed by atoms with Crippen molar-refractivity contribution in [3.63, 3.8) is 0 Å². The minimum Gasteiger partial charge on any atom is -0.497 e. The van der Waals surface area contributed by atoms with Gasteiger partial charge in [-0.05, 0) is 12.1 Å². The lowest BCUT2D eigenvalue weighted by molar-refractivity contribution is 0.0777. The molecule has 1 amide bonds. The van der Waals surface area contributed by atoms with Gasteiger partial charge in [0.2, 0.25) is 0 Å². The third-order valence-electron chi connectivity index (χ3n) is 4.26. The van der Waals surface area contributed by atoms with E-state index in [0.717, 1.165) is 35.5 Å². The predicted molar refractivity (Wildman–Crippen MR) is 89.3 cm³/mol. The fraction of sp³-hybridized carbons (Fsp3) is 0.412. The van der Waals surface area contributed by atoms with Gasteiger partial charge in [0.1, 0.15) is 11.5 Å². The number of aromatic nitrogens is 2. The first-order valence-electron chi connectivity index (χ1n) is 7.87. The molecule has 2 N–H and O–H groups in total. The number of H-pyrrole nitrogens is 1. The molecule has 7 nitrogen and oxygen atoms in total. The molecule has 1 aliphatic rings. The maximum atomic E-state index is 12.8. The van der Waals surface area contributed by atoms with Crippen molar-refractivity contribution in [3.05, 3.63) is 40.7 Å². The second-order valence-corrected chi connectivity index (χ2v) is 5.80. The maximum absolute atomic E-state index is 12.8. The molecule has 0 unspecified atom stereocenters. The standard InChI is InChI=1S/C17H22N4O3/c1-21(10-11-4-5-12(23-2)8-15(11)24-3)17(22)16-13-9-18-7-6-14(13)19-20-16/h4-5,8,18H,6-7,9-10H2,1-3H3,(H,19,20). The molecule has 0 radical (unpaired) electrons. The number of benzene rings is 1. The van der Waals surface area contributed by atoms with Crippen LogP contribution in [0.5, 0.6) is 11.5 Å². The van der Waals surface area contributed by atoms with Gasteiger partial charge in [-0.2, -0.15) is 5.10 Å². The molecule has 128 valence electrons. The third-order valence-corrected chi connectivity index (χ3v) is 4.26. The number of hydrogen-bond acceptors (Lipinski definition) is 5. The zero-order valence-corrected chi connectivity index (χ0v) is 14.2. The van der Waals surface area contributed by atoms with Crippen molar-refractivity contribution in [1.82, 2.24) is 20.4 Å². The molecule has 1 aliphatic heterocycles. The molecule has 0 bridgehead atoms. The van der Waals surface area contributed by atoms with Gasteiger partial charge >= 0.3 is 0 Å². The Labute approximate surface area is 140 Å².